The second-order valence-electron chi connectivity index (χ2n) is 5.72. The van der Waals surface area contributed by atoms with Crippen molar-refractivity contribution in [2.75, 3.05) is 6.54 Å². The molecule has 26 heavy (non-hydrogen) atoms. The molecule has 7 heteroatoms. The van der Waals surface area contributed by atoms with Crippen LogP contribution in [0.1, 0.15) is 29.2 Å². The predicted octanol–water partition coefficient (Wildman–Crippen LogP) is 2.50. The highest BCUT2D eigenvalue weighted by Crippen LogP contribution is 2.15. The van der Waals surface area contributed by atoms with E-state index >= 15 is 0 Å². The molecule has 134 valence electrons. The monoisotopic (exact) mass is 352 g/mol. The summed E-state index contributed by atoms with van der Waals surface area (Å²) in [5, 5.41) is 5.52. The quantitative estimate of drug-likeness (QED) is 0.542. The Labute approximate surface area is 150 Å². The van der Waals surface area contributed by atoms with E-state index in [-0.39, 0.29) is 17.6 Å². The molecule has 7 nitrogen and oxygen atoms in total. The van der Waals surface area contributed by atoms with Crippen LogP contribution in [0.15, 0.2) is 59.3 Å². The number of amides is 2. The van der Waals surface area contributed by atoms with Crippen molar-refractivity contribution in [1.29, 1.82) is 0 Å². The van der Waals surface area contributed by atoms with E-state index in [1.54, 1.807) is 18.3 Å². The van der Waals surface area contributed by atoms with Crippen molar-refractivity contribution in [1.82, 2.24) is 20.6 Å². The Kier molecular flexibility index (Phi) is 5.82. The molecule has 2 aromatic heterocycles. The summed E-state index contributed by atoms with van der Waals surface area (Å²) in [6.45, 7) is 0.746. The van der Waals surface area contributed by atoms with Gasteiger partial charge in [-0.1, -0.05) is 30.3 Å². The van der Waals surface area contributed by atoms with Gasteiger partial charge in [0, 0.05) is 13.0 Å². The largest absolute Gasteiger partial charge is 0.459 e. The minimum absolute atomic E-state index is 0.0880. The number of carbonyl (C=O) groups excluding carboxylic acids is 2. The van der Waals surface area contributed by atoms with Gasteiger partial charge in [0.15, 0.2) is 5.76 Å². The summed E-state index contributed by atoms with van der Waals surface area (Å²) in [4.78, 5) is 31.0. The zero-order chi connectivity index (χ0) is 18.2. The van der Waals surface area contributed by atoms with Gasteiger partial charge in [0.25, 0.3) is 5.91 Å². The maximum Gasteiger partial charge on any atom is 0.286 e. The number of aromatic nitrogens is 2. The molecular formula is C19H20N4O3. The van der Waals surface area contributed by atoms with Gasteiger partial charge in [0.05, 0.1) is 24.7 Å². The number of imidazole rings is 1. The van der Waals surface area contributed by atoms with Crippen molar-refractivity contribution in [3.8, 4) is 11.3 Å². The van der Waals surface area contributed by atoms with Gasteiger partial charge in [-0.25, -0.2) is 4.98 Å². The van der Waals surface area contributed by atoms with Crippen LogP contribution in [0, 0.1) is 0 Å². The second kappa shape index (κ2) is 8.66. The Morgan fingerprint density at radius 3 is 2.69 bits per heavy atom. The van der Waals surface area contributed by atoms with Gasteiger partial charge in [-0.15, -0.1) is 0 Å². The average molecular weight is 352 g/mol. The fraction of sp³-hybridized carbons (Fsp3) is 0.211. The van der Waals surface area contributed by atoms with Crippen molar-refractivity contribution in [2.45, 2.75) is 19.4 Å². The fourth-order valence-electron chi connectivity index (χ4n) is 2.43. The van der Waals surface area contributed by atoms with Gasteiger partial charge < -0.3 is 20.0 Å². The van der Waals surface area contributed by atoms with E-state index in [9.17, 15) is 9.59 Å². The number of furan rings is 1. The number of nitrogens with one attached hydrogen (secondary N) is 3. The van der Waals surface area contributed by atoms with Crippen LogP contribution in [0.5, 0.6) is 0 Å². The van der Waals surface area contributed by atoms with Crippen molar-refractivity contribution >= 4 is 11.8 Å². The molecule has 0 bridgehead atoms. The van der Waals surface area contributed by atoms with Gasteiger partial charge in [0.2, 0.25) is 5.91 Å². The molecule has 3 aromatic rings. The van der Waals surface area contributed by atoms with Gasteiger partial charge in [-0.3, -0.25) is 9.59 Å². The molecule has 2 amide bonds. The van der Waals surface area contributed by atoms with E-state index in [1.807, 2.05) is 30.3 Å². The molecule has 3 N–H and O–H groups in total. The number of rotatable bonds is 8. The van der Waals surface area contributed by atoms with Crippen molar-refractivity contribution in [3.05, 3.63) is 66.5 Å². The van der Waals surface area contributed by atoms with Crippen LogP contribution in [0.2, 0.25) is 0 Å². The molecule has 3 rings (SSSR count). The Hall–Kier alpha value is -3.35. The third kappa shape index (κ3) is 4.83. The van der Waals surface area contributed by atoms with Crippen LogP contribution in [-0.4, -0.2) is 28.3 Å². The highest BCUT2D eigenvalue weighted by Gasteiger charge is 2.08. The number of H-pyrrole nitrogens is 1. The van der Waals surface area contributed by atoms with E-state index in [0.717, 1.165) is 11.3 Å². The number of aromatic amines is 1. The van der Waals surface area contributed by atoms with Gasteiger partial charge in [-0.2, -0.15) is 0 Å². The van der Waals surface area contributed by atoms with Crippen molar-refractivity contribution in [3.63, 3.8) is 0 Å². The molecule has 0 radical (unpaired) electrons. The third-order valence-electron chi connectivity index (χ3n) is 3.78. The van der Waals surface area contributed by atoms with Crippen LogP contribution in [0.25, 0.3) is 11.3 Å². The number of nitrogens with zero attached hydrogens (tertiary/aromatic N) is 1. The molecule has 0 aliphatic carbocycles. The molecular weight excluding hydrogens is 332 g/mol. The molecule has 0 atom stereocenters. The minimum atomic E-state index is -0.278. The van der Waals surface area contributed by atoms with E-state index in [0.29, 0.717) is 31.8 Å². The SMILES string of the molecule is O=C(CCCNC(=O)c1ccco1)NCc1ncc(-c2ccccc2)[nH]1. The van der Waals surface area contributed by atoms with Crippen molar-refractivity contribution < 1.29 is 14.0 Å². The normalized spacial score (nSPS) is 10.5. The number of hydrogen-bond acceptors (Lipinski definition) is 4. The maximum atomic E-state index is 11.9. The standard InChI is InChI=1S/C19H20N4O3/c24-18(9-4-10-20-19(25)16-8-5-11-26-16)22-13-17-21-12-15(23-17)14-6-2-1-3-7-14/h1-3,5-8,11-12H,4,9-10,13H2,(H,20,25)(H,21,23)(H,22,24). The Morgan fingerprint density at radius 2 is 1.92 bits per heavy atom. The predicted molar refractivity (Wildman–Crippen MR) is 96.1 cm³/mol. The van der Waals surface area contributed by atoms with Crippen LogP contribution in [-0.2, 0) is 11.3 Å². The second-order valence-corrected chi connectivity index (χ2v) is 5.72. The lowest BCUT2D eigenvalue weighted by molar-refractivity contribution is -0.121. The Morgan fingerprint density at radius 1 is 1.08 bits per heavy atom. The van der Waals surface area contributed by atoms with Crippen LogP contribution in [0.4, 0.5) is 0 Å². The van der Waals surface area contributed by atoms with E-state index in [4.69, 9.17) is 4.42 Å². The number of benzene rings is 1. The number of carbonyl (C=O) groups is 2. The summed E-state index contributed by atoms with van der Waals surface area (Å²) < 4.78 is 4.99. The van der Waals surface area contributed by atoms with Crippen LogP contribution >= 0.6 is 0 Å². The molecule has 1 aromatic carbocycles. The van der Waals surface area contributed by atoms with Crippen molar-refractivity contribution in [2.24, 2.45) is 0 Å². The molecule has 0 fully saturated rings. The first-order valence-electron chi connectivity index (χ1n) is 8.40. The highest BCUT2D eigenvalue weighted by atomic mass is 16.3. The lowest BCUT2D eigenvalue weighted by atomic mass is 10.2. The molecule has 0 saturated heterocycles. The minimum Gasteiger partial charge on any atom is -0.459 e. The van der Waals surface area contributed by atoms with Crippen LogP contribution < -0.4 is 10.6 Å². The number of hydrogen-bond donors (Lipinski definition) is 3. The van der Waals surface area contributed by atoms with E-state index in [1.165, 1.54) is 6.26 Å². The molecule has 0 unspecified atom stereocenters. The van der Waals surface area contributed by atoms with E-state index < -0.39 is 0 Å². The first-order valence-corrected chi connectivity index (χ1v) is 8.40. The smallest absolute Gasteiger partial charge is 0.286 e. The summed E-state index contributed by atoms with van der Waals surface area (Å²) in [5.74, 6) is 0.596. The lowest BCUT2D eigenvalue weighted by Gasteiger charge is -2.05. The third-order valence-corrected chi connectivity index (χ3v) is 3.78. The summed E-state index contributed by atoms with van der Waals surface area (Å²) in [6, 6.07) is 13.1. The van der Waals surface area contributed by atoms with Gasteiger partial charge in [0.1, 0.15) is 5.82 Å². The summed E-state index contributed by atoms with van der Waals surface area (Å²) >= 11 is 0. The van der Waals surface area contributed by atoms with E-state index in [2.05, 4.69) is 20.6 Å². The topological polar surface area (TPSA) is 100 Å². The first kappa shape index (κ1) is 17.5. The van der Waals surface area contributed by atoms with Gasteiger partial charge in [-0.05, 0) is 24.1 Å². The zero-order valence-electron chi connectivity index (χ0n) is 14.2. The Bertz CT molecular complexity index is 841. The summed E-state index contributed by atoms with van der Waals surface area (Å²) in [5.41, 5.74) is 1.96. The molecule has 2 heterocycles. The van der Waals surface area contributed by atoms with Crippen LogP contribution in [0.3, 0.4) is 0 Å². The summed E-state index contributed by atoms with van der Waals surface area (Å²) in [6.07, 6.45) is 4.07. The highest BCUT2D eigenvalue weighted by molar-refractivity contribution is 5.91. The Balaban J connectivity index is 1.35. The zero-order valence-corrected chi connectivity index (χ0v) is 14.2. The van der Waals surface area contributed by atoms with Gasteiger partial charge >= 0.3 is 0 Å². The average Bonchev–Trinajstić information content (AvgIpc) is 3.36. The lowest BCUT2D eigenvalue weighted by Crippen LogP contribution is -2.27. The fourth-order valence-corrected chi connectivity index (χ4v) is 2.43. The molecule has 0 saturated carbocycles. The summed E-state index contributed by atoms with van der Waals surface area (Å²) in [7, 11) is 0. The molecule has 0 aliphatic rings. The maximum absolute atomic E-state index is 11.9. The molecule has 0 spiro atoms. The first-order chi connectivity index (χ1) is 12.7. The molecule has 0 aliphatic heterocycles.